The van der Waals surface area contributed by atoms with E-state index in [-0.39, 0.29) is 11.9 Å². The summed E-state index contributed by atoms with van der Waals surface area (Å²) in [6.45, 7) is 10.1. The van der Waals surface area contributed by atoms with Gasteiger partial charge in [-0.05, 0) is 51.4 Å². The van der Waals surface area contributed by atoms with E-state index in [1.165, 1.54) is 0 Å². The van der Waals surface area contributed by atoms with Crippen molar-refractivity contribution in [3.8, 4) is 0 Å². The Bertz CT molecular complexity index is 427. The maximum absolute atomic E-state index is 12.8. The summed E-state index contributed by atoms with van der Waals surface area (Å²) in [5, 5.41) is 3.14. The molecule has 0 atom stereocenters. The third-order valence-electron chi connectivity index (χ3n) is 3.34. The summed E-state index contributed by atoms with van der Waals surface area (Å²) in [4.78, 5) is 14.8. The first kappa shape index (κ1) is 16.7. The second-order valence-corrected chi connectivity index (χ2v) is 5.96. The minimum atomic E-state index is 0.153. The van der Waals surface area contributed by atoms with Gasteiger partial charge in [0.25, 0.3) is 5.91 Å². The zero-order valence-corrected chi connectivity index (χ0v) is 13.4. The van der Waals surface area contributed by atoms with Crippen LogP contribution in [0.5, 0.6) is 0 Å². The van der Waals surface area contributed by atoms with Gasteiger partial charge >= 0.3 is 0 Å². The molecule has 3 nitrogen and oxygen atoms in total. The Morgan fingerprint density at radius 2 is 1.85 bits per heavy atom. The number of carbonyl (C=O) groups is 1. The Hall–Kier alpha value is -1.35. The summed E-state index contributed by atoms with van der Waals surface area (Å²) < 4.78 is 0. The van der Waals surface area contributed by atoms with Gasteiger partial charge in [-0.2, -0.15) is 0 Å². The first-order chi connectivity index (χ1) is 9.47. The third kappa shape index (κ3) is 4.64. The van der Waals surface area contributed by atoms with Crippen molar-refractivity contribution in [2.75, 3.05) is 20.1 Å². The number of hydrogen-bond acceptors (Lipinski definition) is 2. The number of carbonyl (C=O) groups excluding carboxylic acids is 1. The molecule has 3 heteroatoms. The van der Waals surface area contributed by atoms with Crippen LogP contribution >= 0.6 is 0 Å². The van der Waals surface area contributed by atoms with Crippen molar-refractivity contribution in [1.29, 1.82) is 0 Å². The van der Waals surface area contributed by atoms with E-state index < -0.39 is 0 Å². The molecule has 1 rings (SSSR count). The molecule has 20 heavy (non-hydrogen) atoms. The zero-order valence-electron chi connectivity index (χ0n) is 13.4. The molecule has 0 saturated heterocycles. The highest BCUT2D eigenvalue weighted by molar-refractivity contribution is 5.95. The number of benzene rings is 1. The molecule has 0 radical (unpaired) electrons. The highest BCUT2D eigenvalue weighted by Crippen LogP contribution is 2.15. The molecule has 0 unspecified atom stereocenters. The molecule has 0 heterocycles. The highest BCUT2D eigenvalue weighted by Gasteiger charge is 2.21. The number of hydrogen-bond donors (Lipinski definition) is 1. The molecule has 1 amide bonds. The first-order valence-electron chi connectivity index (χ1n) is 7.50. The molecule has 0 aromatic heterocycles. The smallest absolute Gasteiger partial charge is 0.254 e. The lowest BCUT2D eigenvalue weighted by molar-refractivity contribution is 0.0681. The number of rotatable bonds is 7. The Kier molecular flexibility index (Phi) is 6.73. The fourth-order valence-electron chi connectivity index (χ4n) is 2.28. The van der Waals surface area contributed by atoms with E-state index >= 15 is 0 Å². The molecular formula is C17H28N2O. The van der Waals surface area contributed by atoms with Crippen molar-refractivity contribution in [1.82, 2.24) is 10.2 Å². The molecule has 0 spiro atoms. The molecular weight excluding hydrogens is 248 g/mol. The predicted molar refractivity (Wildman–Crippen MR) is 85.1 cm³/mol. The Labute approximate surface area is 123 Å². The Morgan fingerprint density at radius 3 is 2.40 bits per heavy atom. The Morgan fingerprint density at radius 1 is 1.20 bits per heavy atom. The average molecular weight is 276 g/mol. The van der Waals surface area contributed by atoms with E-state index in [2.05, 4.69) is 39.1 Å². The van der Waals surface area contributed by atoms with Crippen LogP contribution in [0.1, 0.15) is 43.6 Å². The second kappa shape index (κ2) is 8.05. The van der Waals surface area contributed by atoms with Crippen molar-refractivity contribution in [3.05, 3.63) is 35.4 Å². The van der Waals surface area contributed by atoms with Crippen LogP contribution in [0.4, 0.5) is 0 Å². The minimum absolute atomic E-state index is 0.153. The number of likely N-dealkylation sites (N-methyl/N-ethyl adjacent to an activating group) is 1. The fraction of sp³-hybridized carbons (Fsp3) is 0.588. The SMILES string of the molecule is CNCCc1ccccc1C(=O)N(CC(C)C)C(C)C. The quantitative estimate of drug-likeness (QED) is 0.830. The van der Waals surface area contributed by atoms with Gasteiger partial charge in [0.2, 0.25) is 0 Å². The lowest BCUT2D eigenvalue weighted by Gasteiger charge is -2.29. The summed E-state index contributed by atoms with van der Waals surface area (Å²) >= 11 is 0. The van der Waals surface area contributed by atoms with Crippen molar-refractivity contribution in [2.45, 2.75) is 40.2 Å². The van der Waals surface area contributed by atoms with Gasteiger partial charge in [0, 0.05) is 18.2 Å². The Balaban J connectivity index is 2.99. The van der Waals surface area contributed by atoms with Crippen LogP contribution in [0.15, 0.2) is 24.3 Å². The molecule has 1 N–H and O–H groups in total. The molecule has 0 bridgehead atoms. The van der Waals surface area contributed by atoms with Crippen molar-refractivity contribution in [2.24, 2.45) is 5.92 Å². The summed E-state index contributed by atoms with van der Waals surface area (Å²) in [5.41, 5.74) is 1.97. The maximum atomic E-state index is 12.8. The largest absolute Gasteiger partial charge is 0.336 e. The monoisotopic (exact) mass is 276 g/mol. The summed E-state index contributed by atoms with van der Waals surface area (Å²) in [6, 6.07) is 8.18. The summed E-state index contributed by atoms with van der Waals surface area (Å²) in [6.07, 6.45) is 0.881. The topological polar surface area (TPSA) is 32.3 Å². The van der Waals surface area contributed by atoms with Crippen LogP contribution in [0.3, 0.4) is 0 Å². The van der Waals surface area contributed by atoms with Gasteiger partial charge in [0.15, 0.2) is 0 Å². The van der Waals surface area contributed by atoms with E-state index in [0.717, 1.165) is 30.6 Å². The van der Waals surface area contributed by atoms with Gasteiger partial charge in [-0.3, -0.25) is 4.79 Å². The molecule has 1 aromatic carbocycles. The lowest BCUT2D eigenvalue weighted by atomic mass is 10.0. The standard InChI is InChI=1S/C17H28N2O/c1-13(2)12-19(14(3)4)17(20)16-9-7-6-8-15(16)10-11-18-5/h6-9,13-14,18H,10-12H2,1-5H3. The van der Waals surface area contributed by atoms with Gasteiger partial charge in [0.1, 0.15) is 0 Å². The van der Waals surface area contributed by atoms with Crippen LogP contribution in [0, 0.1) is 5.92 Å². The molecule has 112 valence electrons. The van der Waals surface area contributed by atoms with E-state index in [4.69, 9.17) is 0 Å². The molecule has 0 aliphatic heterocycles. The minimum Gasteiger partial charge on any atom is -0.336 e. The van der Waals surface area contributed by atoms with Gasteiger partial charge in [-0.1, -0.05) is 32.0 Å². The first-order valence-corrected chi connectivity index (χ1v) is 7.50. The van der Waals surface area contributed by atoms with E-state index in [9.17, 15) is 4.79 Å². The summed E-state index contributed by atoms with van der Waals surface area (Å²) in [7, 11) is 1.93. The van der Waals surface area contributed by atoms with E-state index in [1.54, 1.807) is 0 Å². The normalized spacial score (nSPS) is 11.2. The number of nitrogens with one attached hydrogen (secondary N) is 1. The predicted octanol–water partition coefficient (Wildman–Crippen LogP) is 2.96. The molecule has 0 aliphatic carbocycles. The van der Waals surface area contributed by atoms with Crippen molar-refractivity contribution in [3.63, 3.8) is 0 Å². The number of nitrogens with zero attached hydrogens (tertiary/aromatic N) is 1. The van der Waals surface area contributed by atoms with Crippen molar-refractivity contribution >= 4 is 5.91 Å². The van der Waals surface area contributed by atoms with Gasteiger partial charge < -0.3 is 10.2 Å². The molecule has 0 saturated carbocycles. The van der Waals surface area contributed by atoms with Crippen LogP contribution < -0.4 is 5.32 Å². The fourth-order valence-corrected chi connectivity index (χ4v) is 2.28. The van der Waals surface area contributed by atoms with Crippen LogP contribution in [0.2, 0.25) is 0 Å². The van der Waals surface area contributed by atoms with Gasteiger partial charge in [-0.15, -0.1) is 0 Å². The zero-order chi connectivity index (χ0) is 15.1. The van der Waals surface area contributed by atoms with E-state index in [0.29, 0.717) is 5.92 Å². The van der Waals surface area contributed by atoms with Crippen LogP contribution in [-0.4, -0.2) is 37.0 Å². The molecule has 0 fully saturated rings. The lowest BCUT2D eigenvalue weighted by Crippen LogP contribution is -2.40. The highest BCUT2D eigenvalue weighted by atomic mass is 16.2. The number of amides is 1. The summed E-state index contributed by atoms with van der Waals surface area (Å²) in [5.74, 6) is 0.631. The average Bonchev–Trinajstić information content (AvgIpc) is 2.41. The van der Waals surface area contributed by atoms with Crippen LogP contribution in [-0.2, 0) is 6.42 Å². The van der Waals surface area contributed by atoms with Crippen molar-refractivity contribution < 1.29 is 4.79 Å². The van der Waals surface area contributed by atoms with Gasteiger partial charge in [0.05, 0.1) is 0 Å². The molecule has 0 aliphatic rings. The van der Waals surface area contributed by atoms with Crippen LogP contribution in [0.25, 0.3) is 0 Å². The van der Waals surface area contributed by atoms with E-state index in [1.807, 2.05) is 30.1 Å². The van der Waals surface area contributed by atoms with Gasteiger partial charge in [-0.25, -0.2) is 0 Å². The second-order valence-electron chi connectivity index (χ2n) is 5.96. The third-order valence-corrected chi connectivity index (χ3v) is 3.34. The maximum Gasteiger partial charge on any atom is 0.254 e. The molecule has 1 aromatic rings.